The minimum atomic E-state index is -0.779. The van der Waals surface area contributed by atoms with E-state index in [-0.39, 0.29) is 31.1 Å². The number of allylic oxidation sites excluding steroid dienone is 10. The third kappa shape index (κ3) is 67.9. The van der Waals surface area contributed by atoms with Crippen molar-refractivity contribution in [3.63, 3.8) is 0 Å². The van der Waals surface area contributed by atoms with E-state index < -0.39 is 6.10 Å². The smallest absolute Gasteiger partial charge is 0.306 e. The number of esters is 3. The second kappa shape index (κ2) is 70.6. The lowest BCUT2D eigenvalue weighted by atomic mass is 10.0. The Hall–Kier alpha value is -2.89. The molecule has 0 saturated heterocycles. The van der Waals surface area contributed by atoms with Gasteiger partial charge in [0.15, 0.2) is 6.10 Å². The summed E-state index contributed by atoms with van der Waals surface area (Å²) in [6.07, 6.45) is 91.3. The van der Waals surface area contributed by atoms with Gasteiger partial charge in [0, 0.05) is 19.3 Å². The van der Waals surface area contributed by atoms with Gasteiger partial charge in [0.25, 0.3) is 0 Å². The molecule has 0 aliphatic rings. The van der Waals surface area contributed by atoms with Crippen LogP contribution in [0.2, 0.25) is 0 Å². The van der Waals surface area contributed by atoms with Crippen molar-refractivity contribution in [2.75, 3.05) is 13.2 Å². The Morgan fingerprint density at radius 3 is 0.732 bits per heavy atom. The van der Waals surface area contributed by atoms with Gasteiger partial charge in [-0.3, -0.25) is 14.4 Å². The molecule has 0 rings (SSSR count). The van der Waals surface area contributed by atoms with Gasteiger partial charge in [0.2, 0.25) is 0 Å². The molecule has 0 radical (unpaired) electrons. The maximum Gasteiger partial charge on any atom is 0.306 e. The van der Waals surface area contributed by atoms with Crippen LogP contribution >= 0.6 is 0 Å². The molecule has 0 bridgehead atoms. The lowest BCUT2D eigenvalue weighted by Crippen LogP contribution is -2.30. The van der Waals surface area contributed by atoms with Crippen LogP contribution in [0, 0.1) is 0 Å². The molecule has 0 aliphatic heterocycles. The van der Waals surface area contributed by atoms with E-state index in [1.54, 1.807) is 0 Å². The van der Waals surface area contributed by atoms with E-state index in [0.717, 1.165) is 83.5 Å². The Morgan fingerprint density at radius 2 is 0.463 bits per heavy atom. The van der Waals surface area contributed by atoms with Crippen LogP contribution in [-0.4, -0.2) is 37.2 Å². The molecule has 0 spiro atoms. The summed E-state index contributed by atoms with van der Waals surface area (Å²) in [5.74, 6) is -0.869. The molecular weight excluding hydrogens is 1010 g/mol. The zero-order valence-corrected chi connectivity index (χ0v) is 55.0. The summed E-state index contributed by atoms with van der Waals surface area (Å²) >= 11 is 0. The Morgan fingerprint density at radius 1 is 0.244 bits per heavy atom. The van der Waals surface area contributed by atoms with Crippen molar-refractivity contribution >= 4 is 17.9 Å². The molecule has 1 atom stereocenters. The quantitative estimate of drug-likeness (QED) is 0.0261. The van der Waals surface area contributed by atoms with Gasteiger partial charge in [-0.2, -0.15) is 0 Å². The third-order valence-corrected chi connectivity index (χ3v) is 16.2. The average molecular weight is 1150 g/mol. The lowest BCUT2D eigenvalue weighted by molar-refractivity contribution is -0.167. The second-order valence-electron chi connectivity index (χ2n) is 24.5. The van der Waals surface area contributed by atoms with Gasteiger partial charge in [-0.25, -0.2) is 0 Å². The van der Waals surface area contributed by atoms with Crippen molar-refractivity contribution in [2.45, 2.75) is 393 Å². The van der Waals surface area contributed by atoms with Gasteiger partial charge >= 0.3 is 17.9 Å². The highest BCUT2D eigenvalue weighted by atomic mass is 16.6. The fourth-order valence-corrected chi connectivity index (χ4v) is 10.7. The highest BCUT2D eigenvalue weighted by Crippen LogP contribution is 2.18. The lowest BCUT2D eigenvalue weighted by Gasteiger charge is -2.18. The van der Waals surface area contributed by atoms with Gasteiger partial charge in [-0.1, -0.05) is 326 Å². The van der Waals surface area contributed by atoms with Crippen molar-refractivity contribution in [3.8, 4) is 0 Å². The molecule has 0 heterocycles. The van der Waals surface area contributed by atoms with Gasteiger partial charge in [-0.05, 0) is 103 Å². The van der Waals surface area contributed by atoms with Crippen molar-refractivity contribution in [2.24, 2.45) is 0 Å². The molecule has 6 heteroatoms. The molecule has 478 valence electrons. The number of hydrogen-bond donors (Lipinski definition) is 0. The van der Waals surface area contributed by atoms with Gasteiger partial charge in [-0.15, -0.1) is 0 Å². The minimum Gasteiger partial charge on any atom is -0.462 e. The molecule has 0 aliphatic carbocycles. The first kappa shape index (κ1) is 79.1. The molecule has 0 N–H and O–H groups in total. The molecule has 0 amide bonds. The minimum absolute atomic E-state index is 0.0747. The highest BCUT2D eigenvalue weighted by molar-refractivity contribution is 5.71. The van der Waals surface area contributed by atoms with Gasteiger partial charge in [0.05, 0.1) is 0 Å². The van der Waals surface area contributed by atoms with Crippen LogP contribution in [0.5, 0.6) is 0 Å². The zero-order valence-electron chi connectivity index (χ0n) is 55.0. The molecule has 0 saturated carbocycles. The third-order valence-electron chi connectivity index (χ3n) is 16.2. The van der Waals surface area contributed by atoms with E-state index in [9.17, 15) is 14.4 Å². The molecule has 6 nitrogen and oxygen atoms in total. The number of rotatable bonds is 67. The molecule has 0 aromatic rings. The van der Waals surface area contributed by atoms with E-state index in [4.69, 9.17) is 14.2 Å². The van der Waals surface area contributed by atoms with Crippen molar-refractivity contribution in [1.29, 1.82) is 0 Å². The average Bonchev–Trinajstić information content (AvgIpc) is 3.47. The van der Waals surface area contributed by atoms with E-state index in [1.807, 2.05) is 0 Å². The molecule has 82 heavy (non-hydrogen) atoms. The summed E-state index contributed by atoms with van der Waals surface area (Å²) in [5, 5.41) is 0. The Balaban J connectivity index is 4.09. The topological polar surface area (TPSA) is 78.9 Å². The van der Waals surface area contributed by atoms with Crippen LogP contribution in [0.4, 0.5) is 0 Å². The number of carbonyl (C=O) groups is 3. The van der Waals surface area contributed by atoms with E-state index >= 15 is 0 Å². The van der Waals surface area contributed by atoms with E-state index in [2.05, 4.69) is 81.5 Å². The SMILES string of the molecule is CCC/C=C\CCCCCCCC(=O)OCC(COC(=O)CCCCCCCCCCCCCCCCCCCCCCC/C=C\C/C=C\CCCCCCC)OC(=O)CCCCCCCCCCC/C=C\C/C=C\CCCCCCC. The van der Waals surface area contributed by atoms with Crippen LogP contribution in [0.15, 0.2) is 60.8 Å². The molecule has 0 aromatic heterocycles. The van der Waals surface area contributed by atoms with Crippen molar-refractivity contribution < 1.29 is 28.6 Å². The number of carbonyl (C=O) groups excluding carboxylic acids is 3. The van der Waals surface area contributed by atoms with Crippen LogP contribution in [0.3, 0.4) is 0 Å². The highest BCUT2D eigenvalue weighted by Gasteiger charge is 2.19. The fraction of sp³-hybridized carbons (Fsp3) is 0.829. The fourth-order valence-electron chi connectivity index (χ4n) is 10.7. The standard InChI is InChI=1S/C76H138O6/c1-4-7-10-13-16-19-22-24-26-28-30-32-33-34-35-36-37-38-39-40-41-42-43-45-46-48-50-52-54-57-60-63-66-69-75(78)81-72-73(71-80-74(77)68-65-62-59-56-21-18-15-12-9-6-3)82-76(79)70-67-64-61-58-55-53-51-49-47-44-31-29-27-25-23-20-17-14-11-8-5-2/h12,15,22-25,28-31,73H,4-11,13-14,16-21,26-27,32-72H2,1-3H3/b15-12-,24-22-,25-23-,30-28-,31-29-. The maximum atomic E-state index is 12.9. The molecule has 0 fully saturated rings. The normalized spacial score (nSPS) is 12.4. The predicted molar refractivity (Wildman–Crippen MR) is 358 cm³/mol. The van der Waals surface area contributed by atoms with Crippen molar-refractivity contribution in [3.05, 3.63) is 60.8 Å². The first-order valence-electron chi connectivity index (χ1n) is 36.3. The first-order chi connectivity index (χ1) is 40.5. The molecule has 0 aromatic carbocycles. The zero-order chi connectivity index (χ0) is 59.2. The van der Waals surface area contributed by atoms with Crippen LogP contribution < -0.4 is 0 Å². The predicted octanol–water partition coefficient (Wildman–Crippen LogP) is 25.1. The summed E-state index contributed by atoms with van der Waals surface area (Å²) in [6.45, 7) is 6.60. The Bertz CT molecular complexity index is 1460. The summed E-state index contributed by atoms with van der Waals surface area (Å²) < 4.78 is 16.9. The maximum absolute atomic E-state index is 12.9. The summed E-state index contributed by atoms with van der Waals surface area (Å²) in [6, 6.07) is 0. The number of hydrogen-bond acceptors (Lipinski definition) is 6. The monoisotopic (exact) mass is 1150 g/mol. The largest absolute Gasteiger partial charge is 0.462 e. The van der Waals surface area contributed by atoms with E-state index in [0.29, 0.717) is 19.3 Å². The van der Waals surface area contributed by atoms with Crippen LogP contribution in [0.25, 0.3) is 0 Å². The number of unbranched alkanes of at least 4 members (excludes halogenated alkanes) is 46. The van der Waals surface area contributed by atoms with Crippen molar-refractivity contribution in [1.82, 2.24) is 0 Å². The number of ether oxygens (including phenoxy) is 3. The molecule has 1 unspecified atom stereocenters. The first-order valence-corrected chi connectivity index (χ1v) is 36.3. The molecular formula is C76H138O6. The van der Waals surface area contributed by atoms with E-state index in [1.165, 1.54) is 263 Å². The van der Waals surface area contributed by atoms with Gasteiger partial charge < -0.3 is 14.2 Å². The Labute approximate surface area is 510 Å². The second-order valence-corrected chi connectivity index (χ2v) is 24.5. The van der Waals surface area contributed by atoms with Crippen LogP contribution in [0.1, 0.15) is 387 Å². The summed E-state index contributed by atoms with van der Waals surface area (Å²) in [7, 11) is 0. The van der Waals surface area contributed by atoms with Crippen LogP contribution in [-0.2, 0) is 28.6 Å². The summed E-state index contributed by atoms with van der Waals surface area (Å²) in [4.78, 5) is 38.3. The summed E-state index contributed by atoms with van der Waals surface area (Å²) in [5.41, 5.74) is 0. The Kier molecular flexibility index (Phi) is 68.1. The van der Waals surface area contributed by atoms with Gasteiger partial charge in [0.1, 0.15) is 13.2 Å².